The Bertz CT molecular complexity index is 1420. The van der Waals surface area contributed by atoms with E-state index in [2.05, 4.69) is 27.1 Å². The summed E-state index contributed by atoms with van der Waals surface area (Å²) in [5.74, 6) is -0.716. The van der Waals surface area contributed by atoms with Gasteiger partial charge in [0.15, 0.2) is 0 Å². The Balaban J connectivity index is 1.44. The number of aromatic nitrogens is 5. The SMILES string of the molecule is CC[C@@H](O)c1coc(-c2cncc([C@@]34CC[C@@H](c5cc(-c6c(F)cccc6F)nnc53)C4C)n2)n1. The quantitative estimate of drug-likeness (QED) is 0.428. The van der Waals surface area contributed by atoms with E-state index >= 15 is 0 Å². The van der Waals surface area contributed by atoms with Gasteiger partial charge < -0.3 is 9.52 Å². The van der Waals surface area contributed by atoms with E-state index in [0.29, 0.717) is 17.8 Å². The molecular formula is C26H23F2N5O2. The number of rotatable bonds is 5. The van der Waals surface area contributed by atoms with Gasteiger partial charge in [0.1, 0.15) is 29.3 Å². The van der Waals surface area contributed by atoms with Gasteiger partial charge in [-0.1, -0.05) is 19.9 Å². The van der Waals surface area contributed by atoms with E-state index in [-0.39, 0.29) is 29.0 Å². The molecule has 0 saturated heterocycles. The van der Waals surface area contributed by atoms with Crippen molar-refractivity contribution in [3.8, 4) is 22.8 Å². The van der Waals surface area contributed by atoms with Crippen LogP contribution in [0.25, 0.3) is 22.8 Å². The fourth-order valence-corrected chi connectivity index (χ4v) is 5.80. The molecule has 1 fully saturated rings. The first kappa shape index (κ1) is 21.9. The average molecular weight is 475 g/mol. The highest BCUT2D eigenvalue weighted by Crippen LogP contribution is 2.62. The van der Waals surface area contributed by atoms with Crippen LogP contribution >= 0.6 is 0 Å². The second kappa shape index (κ2) is 7.98. The van der Waals surface area contributed by atoms with Gasteiger partial charge in [0, 0.05) is 6.20 Å². The van der Waals surface area contributed by atoms with Crippen molar-refractivity contribution in [3.63, 3.8) is 0 Å². The number of hydrogen-bond acceptors (Lipinski definition) is 7. The maximum Gasteiger partial charge on any atom is 0.247 e. The lowest BCUT2D eigenvalue weighted by Gasteiger charge is -2.29. The Hall–Kier alpha value is -3.59. The maximum atomic E-state index is 14.4. The van der Waals surface area contributed by atoms with Gasteiger partial charge in [0.25, 0.3) is 0 Å². The minimum atomic E-state index is -0.705. The van der Waals surface area contributed by atoms with Gasteiger partial charge in [-0.15, -0.1) is 5.10 Å². The van der Waals surface area contributed by atoms with Crippen molar-refractivity contribution in [1.29, 1.82) is 0 Å². The van der Waals surface area contributed by atoms with Crippen LogP contribution in [0.4, 0.5) is 8.78 Å². The lowest BCUT2D eigenvalue weighted by Crippen LogP contribution is -2.31. The summed E-state index contributed by atoms with van der Waals surface area (Å²) >= 11 is 0. The lowest BCUT2D eigenvalue weighted by molar-refractivity contribution is 0.169. The van der Waals surface area contributed by atoms with Crippen molar-refractivity contribution < 1.29 is 18.3 Å². The monoisotopic (exact) mass is 475 g/mol. The number of hydrogen-bond donors (Lipinski definition) is 1. The van der Waals surface area contributed by atoms with Crippen LogP contribution in [0.2, 0.25) is 0 Å². The summed E-state index contributed by atoms with van der Waals surface area (Å²) in [5.41, 5.74) is 2.90. The summed E-state index contributed by atoms with van der Waals surface area (Å²) in [6.07, 6.45) is 6.28. The van der Waals surface area contributed by atoms with E-state index < -0.39 is 23.2 Å². The fourth-order valence-electron chi connectivity index (χ4n) is 5.80. The van der Waals surface area contributed by atoms with E-state index in [1.165, 1.54) is 24.5 Å². The smallest absolute Gasteiger partial charge is 0.247 e. The van der Waals surface area contributed by atoms with Crippen LogP contribution in [0.3, 0.4) is 0 Å². The lowest BCUT2D eigenvalue weighted by atomic mass is 9.76. The summed E-state index contributed by atoms with van der Waals surface area (Å²) in [4.78, 5) is 13.7. The van der Waals surface area contributed by atoms with Gasteiger partial charge in [-0.2, -0.15) is 5.10 Å². The minimum Gasteiger partial charge on any atom is -0.443 e. The Kier molecular flexibility index (Phi) is 5.00. The molecule has 1 N–H and O–H groups in total. The number of halogens is 2. The second-order valence-electron chi connectivity index (χ2n) is 9.33. The molecule has 0 spiro atoms. The standard InChI is InChI=1S/C26H23F2N5O2/c1-3-21(34)20-12-35-25(31-20)19-10-29-11-22(30-19)26-8-7-14(13(26)2)15-9-18(32-33-24(15)26)23-16(27)5-4-6-17(23)28/h4-6,9-14,21,34H,3,7-8H2,1-2H3/t13?,14-,21-,26+/m1/s1. The summed E-state index contributed by atoms with van der Waals surface area (Å²) in [7, 11) is 0. The molecule has 2 aliphatic carbocycles. The molecule has 0 amide bonds. The number of fused-ring (bicyclic) bond motifs is 5. The topological polar surface area (TPSA) is 97.8 Å². The third kappa shape index (κ3) is 3.14. The molecule has 3 heterocycles. The van der Waals surface area contributed by atoms with Crippen LogP contribution in [0.15, 0.2) is 47.3 Å². The zero-order valence-electron chi connectivity index (χ0n) is 19.2. The first-order valence-corrected chi connectivity index (χ1v) is 11.7. The minimum absolute atomic E-state index is 0.152. The van der Waals surface area contributed by atoms with Crippen LogP contribution in [-0.4, -0.2) is 30.3 Å². The molecule has 2 bridgehead atoms. The van der Waals surface area contributed by atoms with Crippen molar-refractivity contribution in [2.24, 2.45) is 5.92 Å². The van der Waals surface area contributed by atoms with Crippen LogP contribution in [0.5, 0.6) is 0 Å². The van der Waals surface area contributed by atoms with E-state index in [1.807, 2.05) is 6.92 Å². The van der Waals surface area contributed by atoms with Crippen LogP contribution in [0.1, 0.15) is 67.8 Å². The van der Waals surface area contributed by atoms with Crippen LogP contribution in [0, 0.1) is 17.6 Å². The van der Waals surface area contributed by atoms with Gasteiger partial charge in [-0.3, -0.25) is 4.98 Å². The normalized spacial score (nSPS) is 23.5. The number of oxazole rings is 1. The predicted molar refractivity (Wildman–Crippen MR) is 122 cm³/mol. The summed E-state index contributed by atoms with van der Waals surface area (Å²) in [6, 6.07) is 5.55. The van der Waals surface area contributed by atoms with Crippen molar-refractivity contribution >= 4 is 0 Å². The first-order chi connectivity index (χ1) is 16.9. The third-order valence-electron chi connectivity index (χ3n) is 7.66. The molecule has 1 saturated carbocycles. The highest BCUT2D eigenvalue weighted by atomic mass is 19.1. The summed E-state index contributed by atoms with van der Waals surface area (Å²) in [5, 5.41) is 18.8. The molecule has 0 aliphatic heterocycles. The highest BCUT2D eigenvalue weighted by molar-refractivity contribution is 5.63. The average Bonchev–Trinajstić information content (AvgIpc) is 3.55. The second-order valence-corrected chi connectivity index (χ2v) is 9.33. The third-order valence-corrected chi connectivity index (χ3v) is 7.66. The molecule has 3 aromatic heterocycles. The zero-order chi connectivity index (χ0) is 24.3. The molecule has 4 atom stereocenters. The number of aliphatic hydroxyl groups excluding tert-OH is 1. The van der Waals surface area contributed by atoms with Crippen molar-refractivity contribution in [2.45, 2.75) is 50.5 Å². The molecule has 35 heavy (non-hydrogen) atoms. The van der Waals surface area contributed by atoms with Crippen LogP contribution < -0.4 is 0 Å². The Morgan fingerprint density at radius 2 is 1.94 bits per heavy atom. The Morgan fingerprint density at radius 1 is 1.14 bits per heavy atom. The summed E-state index contributed by atoms with van der Waals surface area (Å²) in [6.45, 7) is 4.01. The van der Waals surface area contributed by atoms with Gasteiger partial charge in [-0.25, -0.2) is 18.7 Å². The van der Waals surface area contributed by atoms with Gasteiger partial charge in [0.05, 0.1) is 40.4 Å². The van der Waals surface area contributed by atoms with Gasteiger partial charge >= 0.3 is 0 Å². The molecule has 4 aromatic rings. The molecule has 0 radical (unpaired) electrons. The van der Waals surface area contributed by atoms with Gasteiger partial charge in [-0.05, 0) is 54.9 Å². The zero-order valence-corrected chi connectivity index (χ0v) is 19.2. The van der Waals surface area contributed by atoms with E-state index in [4.69, 9.17) is 9.40 Å². The number of nitrogens with zero attached hydrogens (tertiary/aromatic N) is 5. The maximum absolute atomic E-state index is 14.4. The summed E-state index contributed by atoms with van der Waals surface area (Å²) < 4.78 is 34.4. The number of benzene rings is 1. The molecule has 9 heteroatoms. The highest BCUT2D eigenvalue weighted by Gasteiger charge is 2.58. The fraction of sp³-hybridized carbons (Fsp3) is 0.346. The molecule has 7 nitrogen and oxygen atoms in total. The van der Waals surface area contributed by atoms with E-state index in [1.54, 1.807) is 18.5 Å². The molecule has 6 rings (SSSR count). The van der Waals surface area contributed by atoms with Crippen molar-refractivity contribution in [2.75, 3.05) is 0 Å². The molecular weight excluding hydrogens is 452 g/mol. The Labute approximate surface area is 200 Å². The van der Waals surface area contributed by atoms with Crippen LogP contribution in [-0.2, 0) is 5.41 Å². The van der Waals surface area contributed by atoms with E-state index in [9.17, 15) is 13.9 Å². The Morgan fingerprint density at radius 3 is 2.71 bits per heavy atom. The number of aliphatic hydroxyl groups is 1. The van der Waals surface area contributed by atoms with Gasteiger partial charge in [0.2, 0.25) is 5.89 Å². The molecule has 1 aromatic carbocycles. The molecule has 178 valence electrons. The van der Waals surface area contributed by atoms with E-state index in [0.717, 1.165) is 29.8 Å². The molecule has 1 unspecified atom stereocenters. The largest absolute Gasteiger partial charge is 0.443 e. The first-order valence-electron chi connectivity index (χ1n) is 11.7. The van der Waals surface area contributed by atoms with Crippen molar-refractivity contribution in [1.82, 2.24) is 25.1 Å². The molecule has 2 aliphatic rings. The predicted octanol–water partition coefficient (Wildman–Crippen LogP) is 5.12. The van der Waals surface area contributed by atoms with Crippen molar-refractivity contribution in [3.05, 3.63) is 77.2 Å².